The van der Waals surface area contributed by atoms with Crippen molar-refractivity contribution in [3.05, 3.63) is 71.4 Å². The number of carbonyl (C=O) groups is 1. The van der Waals surface area contributed by atoms with Crippen molar-refractivity contribution in [3.63, 3.8) is 0 Å². The van der Waals surface area contributed by atoms with Crippen molar-refractivity contribution < 1.29 is 14.6 Å². The van der Waals surface area contributed by atoms with Gasteiger partial charge in [0.2, 0.25) is 0 Å². The van der Waals surface area contributed by atoms with Crippen molar-refractivity contribution in [2.45, 2.75) is 25.0 Å². The average molecular weight is 375 g/mol. The number of H-pyrrole nitrogens is 1. The largest absolute Gasteiger partial charge is 0.507 e. The number of ether oxygens (including phenoxy) is 1. The van der Waals surface area contributed by atoms with E-state index in [-0.39, 0.29) is 23.8 Å². The van der Waals surface area contributed by atoms with Crippen LogP contribution in [0.25, 0.3) is 11.3 Å². The maximum atomic E-state index is 13.2. The minimum atomic E-state index is -0.263. The Labute approximate surface area is 162 Å². The lowest BCUT2D eigenvalue weighted by atomic mass is 9.95. The monoisotopic (exact) mass is 375 g/mol. The summed E-state index contributed by atoms with van der Waals surface area (Å²) in [7, 11) is 0. The molecule has 0 radical (unpaired) electrons. The summed E-state index contributed by atoms with van der Waals surface area (Å²) in [5.41, 5.74) is 3.56. The Morgan fingerprint density at radius 1 is 1.14 bits per heavy atom. The molecule has 6 nitrogen and oxygen atoms in total. The van der Waals surface area contributed by atoms with Gasteiger partial charge in [0.15, 0.2) is 0 Å². The minimum absolute atomic E-state index is 0.0562. The van der Waals surface area contributed by atoms with Crippen LogP contribution < -0.4 is 0 Å². The number of benzene rings is 2. The number of phenols is 1. The van der Waals surface area contributed by atoms with Crippen LogP contribution in [-0.2, 0) is 4.74 Å². The Bertz CT molecular complexity index is 1010. The van der Waals surface area contributed by atoms with Crippen molar-refractivity contribution in [2.75, 3.05) is 13.2 Å². The topological polar surface area (TPSA) is 78.5 Å². The predicted molar refractivity (Wildman–Crippen MR) is 104 cm³/mol. The molecule has 2 atom stereocenters. The van der Waals surface area contributed by atoms with Crippen molar-refractivity contribution in [2.24, 2.45) is 0 Å². The number of hydrogen-bond donors (Lipinski definition) is 2. The number of fused-ring (bicyclic) bond motifs is 1. The van der Waals surface area contributed by atoms with Gasteiger partial charge in [0.05, 0.1) is 12.1 Å². The van der Waals surface area contributed by atoms with Crippen LogP contribution in [0, 0.1) is 0 Å². The molecule has 1 amide bonds. The van der Waals surface area contributed by atoms with Gasteiger partial charge in [-0.1, -0.05) is 42.5 Å². The van der Waals surface area contributed by atoms with Gasteiger partial charge < -0.3 is 14.7 Å². The molecule has 28 heavy (non-hydrogen) atoms. The summed E-state index contributed by atoms with van der Waals surface area (Å²) in [4.78, 5) is 15.1. The zero-order valence-electron chi connectivity index (χ0n) is 15.3. The Morgan fingerprint density at radius 2 is 1.93 bits per heavy atom. The number of phenolic OH excluding ortho intramolecular Hbond substituents is 1. The van der Waals surface area contributed by atoms with Crippen LogP contribution in [0.3, 0.4) is 0 Å². The van der Waals surface area contributed by atoms with E-state index >= 15 is 0 Å². The number of aromatic nitrogens is 2. The van der Waals surface area contributed by atoms with E-state index in [0.29, 0.717) is 23.5 Å². The molecule has 1 saturated heterocycles. The summed E-state index contributed by atoms with van der Waals surface area (Å²) >= 11 is 0. The number of para-hydroxylation sites is 1. The van der Waals surface area contributed by atoms with Gasteiger partial charge in [-0.05, 0) is 30.5 Å². The van der Waals surface area contributed by atoms with E-state index in [1.807, 2.05) is 47.4 Å². The van der Waals surface area contributed by atoms with E-state index in [1.54, 1.807) is 12.1 Å². The number of carbonyl (C=O) groups excluding carboxylic acids is 1. The number of amides is 1. The van der Waals surface area contributed by atoms with Crippen LogP contribution in [0.4, 0.5) is 0 Å². The number of hydrogen-bond acceptors (Lipinski definition) is 4. The Hall–Kier alpha value is -3.12. The molecule has 0 spiro atoms. The summed E-state index contributed by atoms with van der Waals surface area (Å²) in [6, 6.07) is 16.8. The molecule has 5 rings (SSSR count). The molecule has 2 aromatic carbocycles. The highest BCUT2D eigenvalue weighted by Gasteiger charge is 2.43. The number of nitrogens with one attached hydrogen (secondary N) is 1. The third kappa shape index (κ3) is 2.68. The lowest BCUT2D eigenvalue weighted by Crippen LogP contribution is -2.36. The third-order valence-corrected chi connectivity index (χ3v) is 5.56. The third-order valence-electron chi connectivity index (χ3n) is 5.56. The molecule has 2 N–H and O–H groups in total. The van der Waals surface area contributed by atoms with E-state index < -0.39 is 0 Å². The lowest BCUT2D eigenvalue weighted by Gasteiger charge is -2.28. The maximum absolute atomic E-state index is 13.2. The molecule has 0 bridgehead atoms. The van der Waals surface area contributed by atoms with Gasteiger partial charge in [0, 0.05) is 24.3 Å². The number of aromatic hydroxyl groups is 1. The van der Waals surface area contributed by atoms with Gasteiger partial charge in [0.25, 0.3) is 5.91 Å². The lowest BCUT2D eigenvalue weighted by molar-refractivity contribution is 0.0495. The molecule has 142 valence electrons. The molecular formula is C22H21N3O3. The van der Waals surface area contributed by atoms with Gasteiger partial charge in [-0.15, -0.1) is 0 Å². The molecular weight excluding hydrogens is 354 g/mol. The van der Waals surface area contributed by atoms with Gasteiger partial charge in [0.1, 0.15) is 17.1 Å². The smallest absolute Gasteiger partial charge is 0.273 e. The SMILES string of the molecule is O=C1c2[nH]nc(-c3ccccc3O)c2[C@H](c2ccccc2)N1C[C@@H]1CCCO1. The second-order valence-electron chi connectivity index (χ2n) is 7.28. The van der Waals surface area contributed by atoms with Gasteiger partial charge in [-0.25, -0.2) is 0 Å². The Morgan fingerprint density at radius 3 is 2.68 bits per heavy atom. The molecule has 6 heteroatoms. The van der Waals surface area contributed by atoms with Crippen molar-refractivity contribution in [3.8, 4) is 17.0 Å². The first-order valence-corrected chi connectivity index (χ1v) is 9.58. The van der Waals surface area contributed by atoms with Gasteiger partial charge >= 0.3 is 0 Å². The quantitative estimate of drug-likeness (QED) is 0.731. The van der Waals surface area contributed by atoms with E-state index in [1.165, 1.54) is 0 Å². The second kappa shape index (κ2) is 6.80. The highest BCUT2D eigenvalue weighted by Crippen LogP contribution is 2.44. The normalized spacial score (nSPS) is 21.3. The minimum Gasteiger partial charge on any atom is -0.507 e. The highest BCUT2D eigenvalue weighted by molar-refractivity contribution is 6.00. The first-order valence-electron chi connectivity index (χ1n) is 9.58. The summed E-state index contributed by atoms with van der Waals surface area (Å²) in [5, 5.41) is 17.7. The molecule has 3 aromatic rings. The standard InChI is InChI=1S/C22H21N3O3/c26-17-11-5-4-10-16(17)19-18-20(24-23-19)22(27)25(13-15-9-6-12-28-15)21(18)14-7-2-1-3-8-14/h1-5,7-8,10-11,15,21,26H,6,9,12-13H2,(H,23,24)/t15-,21-/m0/s1. The zero-order chi connectivity index (χ0) is 19.1. The molecule has 2 aliphatic heterocycles. The Kier molecular flexibility index (Phi) is 4.13. The molecule has 0 aliphatic carbocycles. The summed E-state index contributed by atoms with van der Waals surface area (Å²) in [6.07, 6.45) is 2.04. The fraction of sp³-hybridized carbons (Fsp3) is 0.273. The maximum Gasteiger partial charge on any atom is 0.273 e. The zero-order valence-corrected chi connectivity index (χ0v) is 15.3. The second-order valence-corrected chi connectivity index (χ2v) is 7.28. The van der Waals surface area contributed by atoms with E-state index in [0.717, 1.165) is 30.6 Å². The van der Waals surface area contributed by atoms with Crippen molar-refractivity contribution in [1.82, 2.24) is 15.1 Å². The Balaban J connectivity index is 1.64. The molecule has 0 unspecified atom stereocenters. The number of rotatable bonds is 4. The molecule has 1 fully saturated rings. The van der Waals surface area contributed by atoms with Crippen molar-refractivity contribution >= 4 is 5.91 Å². The molecule has 1 aromatic heterocycles. The fourth-order valence-corrected chi connectivity index (χ4v) is 4.25. The fourth-order valence-electron chi connectivity index (χ4n) is 4.25. The van der Waals surface area contributed by atoms with Gasteiger partial charge in [-0.3, -0.25) is 9.89 Å². The van der Waals surface area contributed by atoms with Crippen LogP contribution in [0.2, 0.25) is 0 Å². The molecule has 3 heterocycles. The van der Waals surface area contributed by atoms with Crippen LogP contribution >= 0.6 is 0 Å². The highest BCUT2D eigenvalue weighted by atomic mass is 16.5. The van der Waals surface area contributed by atoms with Crippen LogP contribution in [0.1, 0.15) is 40.5 Å². The van der Waals surface area contributed by atoms with Crippen LogP contribution in [0.5, 0.6) is 5.75 Å². The summed E-state index contributed by atoms with van der Waals surface area (Å²) < 4.78 is 5.80. The summed E-state index contributed by atoms with van der Waals surface area (Å²) in [6.45, 7) is 1.29. The first kappa shape index (κ1) is 17.0. The molecule has 0 saturated carbocycles. The predicted octanol–water partition coefficient (Wildman–Crippen LogP) is 3.51. The van der Waals surface area contributed by atoms with E-state index in [9.17, 15) is 9.90 Å². The van der Waals surface area contributed by atoms with E-state index in [4.69, 9.17) is 4.74 Å². The van der Waals surface area contributed by atoms with Crippen LogP contribution in [-0.4, -0.2) is 45.4 Å². The van der Waals surface area contributed by atoms with Crippen LogP contribution in [0.15, 0.2) is 54.6 Å². The molecule has 2 aliphatic rings. The number of nitrogens with zero attached hydrogens (tertiary/aromatic N) is 2. The van der Waals surface area contributed by atoms with E-state index in [2.05, 4.69) is 10.2 Å². The van der Waals surface area contributed by atoms with Crippen molar-refractivity contribution in [1.29, 1.82) is 0 Å². The number of aromatic amines is 1. The van der Waals surface area contributed by atoms with Gasteiger partial charge in [-0.2, -0.15) is 5.10 Å². The first-order chi connectivity index (χ1) is 13.7. The summed E-state index contributed by atoms with van der Waals surface area (Å²) in [5.74, 6) is 0.0714. The average Bonchev–Trinajstić information content (AvgIpc) is 3.43.